The summed E-state index contributed by atoms with van der Waals surface area (Å²) in [6.07, 6.45) is 5.30. The fraction of sp³-hybridized carbons (Fsp3) is 0.611. The quantitative estimate of drug-likeness (QED) is 0.872. The minimum absolute atomic E-state index is 0.0955. The van der Waals surface area contributed by atoms with Crippen molar-refractivity contribution in [3.05, 3.63) is 34.8 Å². The zero-order chi connectivity index (χ0) is 17.8. The van der Waals surface area contributed by atoms with Gasteiger partial charge in [-0.2, -0.15) is 0 Å². The van der Waals surface area contributed by atoms with Gasteiger partial charge in [-0.1, -0.05) is 6.42 Å². The van der Waals surface area contributed by atoms with Gasteiger partial charge in [0.15, 0.2) is 0 Å². The molecule has 2 aromatic heterocycles. The summed E-state index contributed by atoms with van der Waals surface area (Å²) >= 11 is 0. The number of hydrogen-bond donors (Lipinski definition) is 2. The lowest BCUT2D eigenvalue weighted by molar-refractivity contribution is 0.238. The fourth-order valence-electron chi connectivity index (χ4n) is 3.42. The van der Waals surface area contributed by atoms with Crippen molar-refractivity contribution in [3.63, 3.8) is 0 Å². The zero-order valence-electron chi connectivity index (χ0n) is 15.3. The van der Waals surface area contributed by atoms with Crippen LogP contribution in [0.1, 0.15) is 61.0 Å². The van der Waals surface area contributed by atoms with E-state index in [4.69, 9.17) is 4.42 Å². The van der Waals surface area contributed by atoms with Gasteiger partial charge in [-0.25, -0.2) is 4.79 Å². The molecule has 0 spiro atoms. The van der Waals surface area contributed by atoms with Gasteiger partial charge >= 0.3 is 6.03 Å². The van der Waals surface area contributed by atoms with Gasteiger partial charge in [-0.15, -0.1) is 10.2 Å². The molecule has 0 aliphatic carbocycles. The molecule has 0 saturated carbocycles. The van der Waals surface area contributed by atoms with Crippen LogP contribution in [0, 0.1) is 13.8 Å². The van der Waals surface area contributed by atoms with E-state index < -0.39 is 0 Å². The number of aromatic nitrogens is 3. The molecule has 2 amide bonds. The van der Waals surface area contributed by atoms with Gasteiger partial charge in [0.25, 0.3) is 0 Å². The second kappa shape index (κ2) is 7.72. The average molecular weight is 345 g/mol. The Morgan fingerprint density at radius 3 is 2.92 bits per heavy atom. The van der Waals surface area contributed by atoms with E-state index in [-0.39, 0.29) is 12.1 Å². The van der Waals surface area contributed by atoms with Crippen molar-refractivity contribution in [3.8, 4) is 0 Å². The molecule has 0 fully saturated rings. The Morgan fingerprint density at radius 1 is 1.32 bits per heavy atom. The molecule has 25 heavy (non-hydrogen) atoms. The highest BCUT2D eigenvalue weighted by molar-refractivity contribution is 5.74. The molecule has 3 rings (SSSR count). The predicted octanol–water partition coefficient (Wildman–Crippen LogP) is 2.82. The van der Waals surface area contributed by atoms with Crippen LogP contribution >= 0.6 is 0 Å². The number of amides is 2. The van der Waals surface area contributed by atoms with Crippen LogP contribution in [0.3, 0.4) is 0 Å². The van der Waals surface area contributed by atoms with E-state index in [0.29, 0.717) is 13.0 Å². The number of fused-ring (bicyclic) bond motifs is 1. The Labute approximate surface area is 148 Å². The van der Waals surface area contributed by atoms with Crippen LogP contribution in [0.5, 0.6) is 0 Å². The van der Waals surface area contributed by atoms with Crippen molar-refractivity contribution in [1.82, 2.24) is 25.4 Å². The lowest BCUT2D eigenvalue weighted by Crippen LogP contribution is -2.38. The fourth-order valence-corrected chi connectivity index (χ4v) is 3.42. The molecule has 0 saturated heterocycles. The number of urea groups is 1. The van der Waals surface area contributed by atoms with E-state index >= 15 is 0 Å². The lowest BCUT2D eigenvalue weighted by atomic mass is 10.1. The van der Waals surface area contributed by atoms with Crippen LogP contribution < -0.4 is 10.6 Å². The molecule has 7 nitrogen and oxygen atoms in total. The summed E-state index contributed by atoms with van der Waals surface area (Å²) in [5, 5.41) is 14.4. The van der Waals surface area contributed by atoms with E-state index in [0.717, 1.165) is 41.7 Å². The summed E-state index contributed by atoms with van der Waals surface area (Å²) in [6, 6.07) is 1.69. The molecule has 1 aliphatic rings. The second-order valence-electron chi connectivity index (χ2n) is 6.74. The first kappa shape index (κ1) is 17.5. The van der Waals surface area contributed by atoms with Crippen molar-refractivity contribution in [1.29, 1.82) is 0 Å². The van der Waals surface area contributed by atoms with E-state index in [2.05, 4.69) is 25.4 Å². The molecule has 1 unspecified atom stereocenters. The minimum Gasteiger partial charge on any atom is -0.466 e. The first-order valence-electron chi connectivity index (χ1n) is 9.07. The number of rotatable bonds is 5. The van der Waals surface area contributed by atoms with Crippen molar-refractivity contribution in [2.24, 2.45) is 0 Å². The number of carbonyl (C=O) groups is 1. The maximum Gasteiger partial charge on any atom is 0.315 e. The summed E-state index contributed by atoms with van der Waals surface area (Å²) in [5.41, 5.74) is 1.01. The van der Waals surface area contributed by atoms with Crippen molar-refractivity contribution in [2.45, 2.75) is 65.5 Å². The molecule has 2 N–H and O–H groups in total. The molecular weight excluding hydrogens is 318 g/mol. The van der Waals surface area contributed by atoms with Gasteiger partial charge < -0.3 is 19.6 Å². The molecule has 2 aromatic rings. The van der Waals surface area contributed by atoms with Crippen molar-refractivity contribution in [2.75, 3.05) is 6.54 Å². The molecule has 0 radical (unpaired) electrons. The van der Waals surface area contributed by atoms with Crippen LogP contribution in [0.4, 0.5) is 4.79 Å². The highest BCUT2D eigenvalue weighted by Gasteiger charge is 2.16. The van der Waals surface area contributed by atoms with Crippen molar-refractivity contribution < 1.29 is 9.21 Å². The van der Waals surface area contributed by atoms with E-state index in [9.17, 15) is 4.79 Å². The number of nitrogens with zero attached hydrogens (tertiary/aromatic N) is 3. The number of carbonyl (C=O) groups excluding carboxylic acids is 1. The smallest absolute Gasteiger partial charge is 0.315 e. The molecule has 0 aromatic carbocycles. The standard InChI is InChI=1S/C18H27N5O2/c1-12-11-15(14(3)25-12)13(2)20-18(24)19-9-8-17-22-21-16-7-5-4-6-10-23(16)17/h11,13H,4-10H2,1-3H3,(H2,19,20,24). The summed E-state index contributed by atoms with van der Waals surface area (Å²) in [7, 11) is 0. The first-order valence-corrected chi connectivity index (χ1v) is 9.07. The first-order chi connectivity index (χ1) is 12.0. The molecule has 7 heteroatoms. The van der Waals surface area contributed by atoms with Crippen LogP contribution in [0.15, 0.2) is 10.5 Å². The highest BCUT2D eigenvalue weighted by Crippen LogP contribution is 2.21. The van der Waals surface area contributed by atoms with Gasteiger partial charge in [0.1, 0.15) is 23.2 Å². The molecule has 0 bridgehead atoms. The molecule has 3 heterocycles. The third-order valence-electron chi connectivity index (χ3n) is 4.71. The molecule has 1 atom stereocenters. The summed E-state index contributed by atoms with van der Waals surface area (Å²) in [5.74, 6) is 3.74. The Hall–Kier alpha value is -2.31. The van der Waals surface area contributed by atoms with E-state index in [1.54, 1.807) is 0 Å². The van der Waals surface area contributed by atoms with Gasteiger partial charge in [-0.3, -0.25) is 0 Å². The molecule has 136 valence electrons. The Morgan fingerprint density at radius 2 is 2.16 bits per heavy atom. The predicted molar refractivity (Wildman–Crippen MR) is 94.4 cm³/mol. The van der Waals surface area contributed by atoms with E-state index in [1.165, 1.54) is 19.3 Å². The monoisotopic (exact) mass is 345 g/mol. The molecular formula is C18H27N5O2. The van der Waals surface area contributed by atoms with Gasteiger partial charge in [-0.05, 0) is 39.7 Å². The SMILES string of the molecule is Cc1cc(C(C)NC(=O)NCCc2nnc3n2CCCCC3)c(C)o1. The highest BCUT2D eigenvalue weighted by atomic mass is 16.3. The molecule has 1 aliphatic heterocycles. The topological polar surface area (TPSA) is 85.0 Å². The van der Waals surface area contributed by atoms with Gasteiger partial charge in [0, 0.05) is 31.5 Å². The van der Waals surface area contributed by atoms with E-state index in [1.807, 2.05) is 26.8 Å². The minimum atomic E-state index is -0.179. The zero-order valence-corrected chi connectivity index (χ0v) is 15.3. The van der Waals surface area contributed by atoms with Crippen molar-refractivity contribution >= 4 is 6.03 Å². The number of hydrogen-bond acceptors (Lipinski definition) is 4. The van der Waals surface area contributed by atoms with Crippen LogP contribution in [0.25, 0.3) is 0 Å². The largest absolute Gasteiger partial charge is 0.466 e. The van der Waals surface area contributed by atoms with Gasteiger partial charge in [0.05, 0.1) is 6.04 Å². The number of furan rings is 1. The Bertz CT molecular complexity index is 734. The number of nitrogens with one attached hydrogen (secondary N) is 2. The Kier molecular flexibility index (Phi) is 5.40. The second-order valence-corrected chi connectivity index (χ2v) is 6.74. The van der Waals surface area contributed by atoms with Gasteiger partial charge in [0.2, 0.25) is 0 Å². The Balaban J connectivity index is 1.48. The lowest BCUT2D eigenvalue weighted by Gasteiger charge is -2.14. The van der Waals surface area contributed by atoms with Crippen LogP contribution in [0.2, 0.25) is 0 Å². The van der Waals surface area contributed by atoms with Crippen LogP contribution in [-0.2, 0) is 19.4 Å². The average Bonchev–Trinajstić information content (AvgIpc) is 3.01. The summed E-state index contributed by atoms with van der Waals surface area (Å²) < 4.78 is 7.74. The third kappa shape index (κ3) is 4.21. The summed E-state index contributed by atoms with van der Waals surface area (Å²) in [4.78, 5) is 12.1. The normalized spacial score (nSPS) is 15.3. The maximum absolute atomic E-state index is 12.1. The number of aryl methyl sites for hydroxylation is 3. The maximum atomic E-state index is 12.1. The van der Waals surface area contributed by atoms with Crippen LogP contribution in [-0.4, -0.2) is 27.3 Å². The third-order valence-corrected chi connectivity index (χ3v) is 4.71. The summed E-state index contributed by atoms with van der Waals surface area (Å²) in [6.45, 7) is 7.30.